The van der Waals surface area contributed by atoms with E-state index >= 15 is 0 Å². The summed E-state index contributed by atoms with van der Waals surface area (Å²) in [6.07, 6.45) is 55.6. The Balaban J connectivity index is 4.27. The number of unbranched alkanes of at least 4 members (excludes halogenated alkanes) is 29. The zero-order valence-electron chi connectivity index (χ0n) is 39.3. The van der Waals surface area contributed by atoms with Gasteiger partial charge in [0.2, 0.25) is 0 Å². The molecule has 0 aromatic heterocycles. The molecule has 344 valence electrons. The van der Waals surface area contributed by atoms with E-state index in [0.29, 0.717) is 19.3 Å². The number of allylic oxidation sites excluding steroid dienone is 6. The lowest BCUT2D eigenvalue weighted by atomic mass is 10.1. The Morgan fingerprint density at radius 1 is 0.339 bits per heavy atom. The number of hydrogen-bond acceptors (Lipinski definition) is 6. The first kappa shape index (κ1) is 56.6. The smallest absolute Gasteiger partial charge is 0.306 e. The first-order valence-electron chi connectivity index (χ1n) is 25.5. The van der Waals surface area contributed by atoms with Crippen molar-refractivity contribution in [2.45, 2.75) is 271 Å². The van der Waals surface area contributed by atoms with Crippen molar-refractivity contribution in [1.29, 1.82) is 0 Å². The predicted molar refractivity (Wildman–Crippen MR) is 252 cm³/mol. The summed E-state index contributed by atoms with van der Waals surface area (Å²) in [5.74, 6) is -0.890. The van der Waals surface area contributed by atoms with Crippen molar-refractivity contribution in [3.63, 3.8) is 0 Å². The van der Waals surface area contributed by atoms with Crippen LogP contribution in [-0.4, -0.2) is 37.2 Å². The van der Waals surface area contributed by atoms with E-state index in [9.17, 15) is 14.4 Å². The van der Waals surface area contributed by atoms with Gasteiger partial charge in [-0.15, -0.1) is 0 Å². The molecule has 0 aliphatic heterocycles. The Bertz CT molecular complexity index is 1000. The van der Waals surface area contributed by atoms with Crippen LogP contribution in [0.4, 0.5) is 0 Å². The van der Waals surface area contributed by atoms with Crippen molar-refractivity contribution in [3.05, 3.63) is 36.5 Å². The van der Waals surface area contributed by atoms with Crippen LogP contribution in [0.15, 0.2) is 36.5 Å². The molecular weight excluding hydrogens is 733 g/mol. The van der Waals surface area contributed by atoms with Crippen LogP contribution < -0.4 is 0 Å². The lowest BCUT2D eigenvalue weighted by molar-refractivity contribution is -0.167. The fourth-order valence-electron chi connectivity index (χ4n) is 7.22. The Hall–Kier alpha value is -2.37. The number of carbonyl (C=O) groups excluding carboxylic acids is 3. The predicted octanol–water partition coefficient (Wildman–Crippen LogP) is 16.5. The Kier molecular flexibility index (Phi) is 46.4. The molecule has 0 aliphatic carbocycles. The molecule has 0 rings (SSSR count). The van der Waals surface area contributed by atoms with Gasteiger partial charge in [0.15, 0.2) is 6.10 Å². The molecule has 1 unspecified atom stereocenters. The minimum atomic E-state index is -0.775. The van der Waals surface area contributed by atoms with Crippen molar-refractivity contribution in [2.24, 2.45) is 0 Å². The maximum atomic E-state index is 12.7. The number of ether oxygens (including phenoxy) is 3. The van der Waals surface area contributed by atoms with E-state index in [-0.39, 0.29) is 31.1 Å². The summed E-state index contributed by atoms with van der Waals surface area (Å²) in [5, 5.41) is 0. The molecule has 6 nitrogen and oxygen atoms in total. The highest BCUT2D eigenvalue weighted by Crippen LogP contribution is 2.15. The van der Waals surface area contributed by atoms with E-state index in [1.54, 1.807) is 0 Å². The van der Waals surface area contributed by atoms with Crippen LogP contribution >= 0.6 is 0 Å². The van der Waals surface area contributed by atoms with Gasteiger partial charge >= 0.3 is 17.9 Å². The topological polar surface area (TPSA) is 78.9 Å². The standard InChI is InChI=1S/C53H96O6/c1-4-7-10-13-16-19-21-23-25-26-27-28-29-31-32-34-37-40-43-46-52(55)58-49-50(48-57-51(54)45-42-39-36-18-15-12-9-6-3)59-53(56)47-44-41-38-35-33-30-24-22-20-17-14-11-8-5-2/h14,17,22-25,50H,4-13,15-16,18-21,26-49H2,1-3H3/b17-14-,24-22-,25-23-. The fraction of sp³-hybridized carbons (Fsp3) is 0.830. The first-order valence-corrected chi connectivity index (χ1v) is 25.5. The maximum absolute atomic E-state index is 12.7. The second-order valence-corrected chi connectivity index (χ2v) is 17.1. The van der Waals surface area contributed by atoms with Gasteiger partial charge in [-0.05, 0) is 70.6 Å². The molecule has 0 saturated heterocycles. The highest BCUT2D eigenvalue weighted by molar-refractivity contribution is 5.71. The van der Waals surface area contributed by atoms with E-state index < -0.39 is 6.10 Å². The van der Waals surface area contributed by atoms with E-state index in [2.05, 4.69) is 57.2 Å². The van der Waals surface area contributed by atoms with Gasteiger partial charge in [-0.3, -0.25) is 14.4 Å². The van der Waals surface area contributed by atoms with Crippen LogP contribution in [0.1, 0.15) is 265 Å². The molecule has 0 fully saturated rings. The van der Waals surface area contributed by atoms with Crippen LogP contribution in [0, 0.1) is 0 Å². The van der Waals surface area contributed by atoms with Crippen LogP contribution in [-0.2, 0) is 28.6 Å². The van der Waals surface area contributed by atoms with Gasteiger partial charge in [0.05, 0.1) is 0 Å². The summed E-state index contributed by atoms with van der Waals surface area (Å²) < 4.78 is 16.7. The van der Waals surface area contributed by atoms with Crippen LogP contribution in [0.25, 0.3) is 0 Å². The molecular formula is C53H96O6. The minimum absolute atomic E-state index is 0.0765. The average Bonchev–Trinajstić information content (AvgIpc) is 3.23. The molecule has 6 heteroatoms. The van der Waals surface area contributed by atoms with Gasteiger partial charge in [-0.2, -0.15) is 0 Å². The molecule has 0 heterocycles. The highest BCUT2D eigenvalue weighted by Gasteiger charge is 2.19. The molecule has 0 amide bonds. The number of carbonyl (C=O) groups is 3. The lowest BCUT2D eigenvalue weighted by Gasteiger charge is -2.18. The molecule has 0 aromatic rings. The second kappa shape index (κ2) is 48.3. The summed E-state index contributed by atoms with van der Waals surface area (Å²) >= 11 is 0. The minimum Gasteiger partial charge on any atom is -0.462 e. The van der Waals surface area contributed by atoms with E-state index in [0.717, 1.165) is 83.5 Å². The van der Waals surface area contributed by atoms with Gasteiger partial charge in [0, 0.05) is 19.3 Å². The Labute approximate surface area is 365 Å². The maximum Gasteiger partial charge on any atom is 0.306 e. The summed E-state index contributed by atoms with van der Waals surface area (Å²) in [4.78, 5) is 37.8. The molecule has 0 aromatic carbocycles. The van der Waals surface area contributed by atoms with Crippen LogP contribution in [0.2, 0.25) is 0 Å². The number of rotatable bonds is 46. The van der Waals surface area contributed by atoms with Gasteiger partial charge in [-0.1, -0.05) is 211 Å². The molecule has 0 spiro atoms. The van der Waals surface area contributed by atoms with Crippen molar-refractivity contribution in [2.75, 3.05) is 13.2 Å². The van der Waals surface area contributed by atoms with Gasteiger partial charge in [0.25, 0.3) is 0 Å². The van der Waals surface area contributed by atoms with Crippen molar-refractivity contribution < 1.29 is 28.6 Å². The summed E-state index contributed by atoms with van der Waals surface area (Å²) in [6.45, 7) is 6.56. The molecule has 0 radical (unpaired) electrons. The number of esters is 3. The van der Waals surface area contributed by atoms with E-state index in [1.807, 2.05) is 0 Å². The van der Waals surface area contributed by atoms with Crippen LogP contribution in [0.3, 0.4) is 0 Å². The SMILES string of the molecule is CCCC/C=C\C/C=C\CCCCCCCC(=O)OC(COC(=O)CCCCCCCCCC)COC(=O)CCCCCCCCCCC/C=C\CCCCCCCC. The van der Waals surface area contributed by atoms with E-state index in [4.69, 9.17) is 14.2 Å². The third kappa shape index (κ3) is 46.5. The Morgan fingerprint density at radius 3 is 1.00 bits per heavy atom. The number of hydrogen-bond donors (Lipinski definition) is 0. The molecule has 0 saturated carbocycles. The first-order chi connectivity index (χ1) is 29.0. The summed E-state index contributed by atoms with van der Waals surface area (Å²) in [7, 11) is 0. The van der Waals surface area contributed by atoms with Crippen molar-refractivity contribution in [1.82, 2.24) is 0 Å². The molecule has 1 atom stereocenters. The molecule has 0 bridgehead atoms. The third-order valence-corrected chi connectivity index (χ3v) is 11.1. The van der Waals surface area contributed by atoms with E-state index in [1.165, 1.54) is 141 Å². The molecule has 0 aliphatic rings. The van der Waals surface area contributed by atoms with Gasteiger partial charge in [0.1, 0.15) is 13.2 Å². The van der Waals surface area contributed by atoms with Crippen LogP contribution in [0.5, 0.6) is 0 Å². The molecule has 59 heavy (non-hydrogen) atoms. The highest BCUT2D eigenvalue weighted by atomic mass is 16.6. The summed E-state index contributed by atoms with van der Waals surface area (Å²) in [6, 6.07) is 0. The van der Waals surface area contributed by atoms with Gasteiger partial charge < -0.3 is 14.2 Å². The normalized spacial score (nSPS) is 12.3. The second-order valence-electron chi connectivity index (χ2n) is 17.1. The average molecular weight is 829 g/mol. The zero-order valence-corrected chi connectivity index (χ0v) is 39.3. The van der Waals surface area contributed by atoms with Crippen molar-refractivity contribution >= 4 is 17.9 Å². The monoisotopic (exact) mass is 829 g/mol. The summed E-state index contributed by atoms with van der Waals surface area (Å²) in [5.41, 5.74) is 0. The van der Waals surface area contributed by atoms with Crippen molar-refractivity contribution in [3.8, 4) is 0 Å². The Morgan fingerprint density at radius 2 is 0.627 bits per heavy atom. The quantitative estimate of drug-likeness (QED) is 0.0263. The third-order valence-electron chi connectivity index (χ3n) is 11.1. The van der Waals surface area contributed by atoms with Gasteiger partial charge in [-0.25, -0.2) is 0 Å². The molecule has 0 N–H and O–H groups in total. The zero-order chi connectivity index (χ0) is 43.0. The lowest BCUT2D eigenvalue weighted by Crippen LogP contribution is -2.30. The largest absolute Gasteiger partial charge is 0.462 e. The fourth-order valence-corrected chi connectivity index (χ4v) is 7.22.